The molecule has 0 aliphatic rings. The van der Waals surface area contributed by atoms with E-state index in [0.29, 0.717) is 0 Å². The number of nitrogens with zero attached hydrogens (tertiary/aromatic N) is 2. The van der Waals surface area contributed by atoms with Gasteiger partial charge in [0.2, 0.25) is 0 Å². The number of carbonyl (C=O) groups excluding carboxylic acids is 1. The standard InChI is InChI=1S/C12H12N2O5/c1-2-19-12(16)5-10-9(6-13)3-8(7-15)4-11(10)14(17)18/h3-4,15H,2,5,7H2,1H3. The summed E-state index contributed by atoms with van der Waals surface area (Å²) in [7, 11) is 0. The van der Waals surface area contributed by atoms with Crippen LogP contribution in [-0.4, -0.2) is 22.6 Å². The Labute approximate surface area is 109 Å². The van der Waals surface area contributed by atoms with Crippen molar-refractivity contribution >= 4 is 11.7 Å². The van der Waals surface area contributed by atoms with Crippen LogP contribution in [-0.2, 0) is 22.6 Å². The quantitative estimate of drug-likeness (QED) is 0.483. The Kier molecular flexibility index (Phi) is 4.97. The minimum atomic E-state index is -0.686. The molecule has 0 aliphatic carbocycles. The van der Waals surface area contributed by atoms with Gasteiger partial charge in [-0.3, -0.25) is 14.9 Å². The zero-order valence-corrected chi connectivity index (χ0v) is 10.3. The Morgan fingerprint density at radius 2 is 2.26 bits per heavy atom. The number of nitro groups is 1. The van der Waals surface area contributed by atoms with Crippen LogP contribution >= 0.6 is 0 Å². The van der Waals surface area contributed by atoms with Gasteiger partial charge in [-0.15, -0.1) is 0 Å². The molecule has 1 aromatic carbocycles. The number of hydrogen-bond acceptors (Lipinski definition) is 6. The zero-order chi connectivity index (χ0) is 14.4. The molecule has 0 bridgehead atoms. The van der Waals surface area contributed by atoms with Crippen molar-refractivity contribution in [1.82, 2.24) is 0 Å². The average molecular weight is 264 g/mol. The highest BCUT2D eigenvalue weighted by atomic mass is 16.6. The topological polar surface area (TPSA) is 113 Å². The van der Waals surface area contributed by atoms with E-state index in [1.54, 1.807) is 13.0 Å². The second-order valence-corrected chi connectivity index (χ2v) is 3.65. The monoisotopic (exact) mass is 264 g/mol. The van der Waals surface area contributed by atoms with Gasteiger partial charge in [-0.05, 0) is 18.6 Å². The summed E-state index contributed by atoms with van der Waals surface area (Å²) >= 11 is 0. The van der Waals surface area contributed by atoms with E-state index >= 15 is 0 Å². The third kappa shape index (κ3) is 3.50. The van der Waals surface area contributed by atoms with E-state index in [-0.39, 0.29) is 35.4 Å². The highest BCUT2D eigenvalue weighted by Gasteiger charge is 2.22. The van der Waals surface area contributed by atoms with E-state index in [4.69, 9.17) is 15.1 Å². The van der Waals surface area contributed by atoms with Crippen molar-refractivity contribution in [2.24, 2.45) is 0 Å². The van der Waals surface area contributed by atoms with Crippen molar-refractivity contribution in [2.45, 2.75) is 20.0 Å². The van der Waals surface area contributed by atoms with E-state index < -0.39 is 17.5 Å². The molecule has 0 fully saturated rings. The number of rotatable bonds is 5. The molecular weight excluding hydrogens is 252 g/mol. The number of aliphatic hydroxyl groups is 1. The SMILES string of the molecule is CCOC(=O)Cc1c(C#N)cc(CO)cc1[N+](=O)[O-]. The van der Waals surface area contributed by atoms with Crippen LogP contribution in [0.5, 0.6) is 0 Å². The fourth-order valence-electron chi connectivity index (χ4n) is 1.61. The summed E-state index contributed by atoms with van der Waals surface area (Å²) in [5.41, 5.74) is -0.124. The highest BCUT2D eigenvalue weighted by molar-refractivity contribution is 5.76. The van der Waals surface area contributed by atoms with Gasteiger partial charge in [0, 0.05) is 6.07 Å². The molecule has 0 aromatic heterocycles. The summed E-state index contributed by atoms with van der Waals surface area (Å²) in [4.78, 5) is 21.7. The Bertz CT molecular complexity index is 548. The molecule has 0 amide bonds. The third-order valence-electron chi connectivity index (χ3n) is 2.41. The average Bonchev–Trinajstić information content (AvgIpc) is 2.38. The van der Waals surface area contributed by atoms with Crippen molar-refractivity contribution in [1.29, 1.82) is 5.26 Å². The second kappa shape index (κ2) is 6.47. The maximum Gasteiger partial charge on any atom is 0.310 e. The normalized spacial score (nSPS) is 9.74. The van der Waals surface area contributed by atoms with Gasteiger partial charge in [0.05, 0.1) is 41.8 Å². The number of carbonyl (C=O) groups is 1. The Hall–Kier alpha value is -2.46. The van der Waals surface area contributed by atoms with Crippen LogP contribution in [0.4, 0.5) is 5.69 Å². The lowest BCUT2D eigenvalue weighted by molar-refractivity contribution is -0.385. The first-order chi connectivity index (χ1) is 9.03. The van der Waals surface area contributed by atoms with Gasteiger partial charge in [0.15, 0.2) is 0 Å². The third-order valence-corrected chi connectivity index (χ3v) is 2.41. The fourth-order valence-corrected chi connectivity index (χ4v) is 1.61. The number of nitriles is 1. The van der Waals surface area contributed by atoms with Crippen molar-refractivity contribution in [3.05, 3.63) is 38.9 Å². The first-order valence-electron chi connectivity index (χ1n) is 5.50. The van der Waals surface area contributed by atoms with Gasteiger partial charge in [0.25, 0.3) is 5.69 Å². The molecule has 100 valence electrons. The van der Waals surface area contributed by atoms with E-state index in [9.17, 15) is 14.9 Å². The minimum absolute atomic E-state index is 0.00292. The molecule has 0 aliphatic heterocycles. The van der Waals surface area contributed by atoms with Crippen LogP contribution in [0.25, 0.3) is 0 Å². The van der Waals surface area contributed by atoms with E-state index in [0.717, 1.165) is 6.07 Å². The summed E-state index contributed by atoms with van der Waals surface area (Å²) in [6, 6.07) is 4.26. The number of esters is 1. The lowest BCUT2D eigenvalue weighted by Crippen LogP contribution is -2.11. The Balaban J connectivity index is 3.30. The molecule has 19 heavy (non-hydrogen) atoms. The molecule has 0 heterocycles. The lowest BCUT2D eigenvalue weighted by Gasteiger charge is -2.07. The van der Waals surface area contributed by atoms with Crippen molar-refractivity contribution in [3.8, 4) is 6.07 Å². The van der Waals surface area contributed by atoms with Gasteiger partial charge in [-0.1, -0.05) is 0 Å². The molecular formula is C12H12N2O5. The number of aliphatic hydroxyl groups excluding tert-OH is 1. The maximum atomic E-state index is 11.4. The first-order valence-corrected chi connectivity index (χ1v) is 5.50. The molecule has 0 unspecified atom stereocenters. The van der Waals surface area contributed by atoms with Gasteiger partial charge >= 0.3 is 5.97 Å². The molecule has 7 nitrogen and oxygen atoms in total. The van der Waals surface area contributed by atoms with Crippen LogP contribution in [0, 0.1) is 21.4 Å². The maximum absolute atomic E-state index is 11.4. The zero-order valence-electron chi connectivity index (χ0n) is 10.3. The Morgan fingerprint density at radius 1 is 1.58 bits per heavy atom. The summed E-state index contributed by atoms with van der Waals surface area (Å²) in [5, 5.41) is 28.9. The summed E-state index contributed by atoms with van der Waals surface area (Å²) in [6.07, 6.45) is -0.348. The van der Waals surface area contributed by atoms with Crippen LogP contribution in [0.1, 0.15) is 23.6 Å². The molecule has 1 aromatic rings. The van der Waals surface area contributed by atoms with Gasteiger partial charge < -0.3 is 9.84 Å². The van der Waals surface area contributed by atoms with E-state index in [1.165, 1.54) is 6.07 Å². The molecule has 0 atom stereocenters. The van der Waals surface area contributed by atoms with Crippen LogP contribution in [0.15, 0.2) is 12.1 Å². The molecule has 7 heteroatoms. The van der Waals surface area contributed by atoms with E-state index in [2.05, 4.69) is 0 Å². The predicted octanol–water partition coefficient (Wildman–Crippen LogP) is 1.06. The second-order valence-electron chi connectivity index (χ2n) is 3.65. The van der Waals surface area contributed by atoms with Crippen LogP contribution in [0.2, 0.25) is 0 Å². The number of benzene rings is 1. The molecule has 0 spiro atoms. The molecule has 0 radical (unpaired) electrons. The van der Waals surface area contributed by atoms with Crippen LogP contribution < -0.4 is 0 Å². The number of ether oxygens (including phenoxy) is 1. The van der Waals surface area contributed by atoms with Crippen LogP contribution in [0.3, 0.4) is 0 Å². The number of hydrogen-bond donors (Lipinski definition) is 1. The molecule has 1 N–H and O–H groups in total. The van der Waals surface area contributed by atoms with Crippen molar-refractivity contribution in [3.63, 3.8) is 0 Å². The largest absolute Gasteiger partial charge is 0.466 e. The minimum Gasteiger partial charge on any atom is -0.466 e. The molecule has 0 saturated heterocycles. The van der Waals surface area contributed by atoms with Crippen molar-refractivity contribution < 1.29 is 19.6 Å². The highest BCUT2D eigenvalue weighted by Crippen LogP contribution is 2.25. The predicted molar refractivity (Wildman–Crippen MR) is 64.1 cm³/mol. The smallest absolute Gasteiger partial charge is 0.310 e. The van der Waals surface area contributed by atoms with E-state index in [1.807, 2.05) is 0 Å². The summed E-state index contributed by atoms with van der Waals surface area (Å²) in [6.45, 7) is 1.35. The molecule has 1 rings (SSSR count). The molecule has 0 saturated carbocycles. The first kappa shape index (κ1) is 14.6. The van der Waals surface area contributed by atoms with Gasteiger partial charge in [-0.25, -0.2) is 0 Å². The summed E-state index contributed by atoms with van der Waals surface area (Å²) in [5.74, 6) is -0.640. The fraction of sp³-hybridized carbons (Fsp3) is 0.333. The number of nitro benzene ring substituents is 1. The Morgan fingerprint density at radius 3 is 2.74 bits per heavy atom. The van der Waals surface area contributed by atoms with Gasteiger partial charge in [-0.2, -0.15) is 5.26 Å². The summed E-state index contributed by atoms with van der Waals surface area (Å²) < 4.78 is 4.72. The lowest BCUT2D eigenvalue weighted by atomic mass is 10.00. The van der Waals surface area contributed by atoms with Gasteiger partial charge in [0.1, 0.15) is 0 Å². The van der Waals surface area contributed by atoms with Crippen molar-refractivity contribution in [2.75, 3.05) is 6.61 Å².